The molecule has 2 aromatic carbocycles. The van der Waals surface area contributed by atoms with Crippen molar-refractivity contribution in [3.63, 3.8) is 0 Å². The first kappa shape index (κ1) is 21.1. The zero-order valence-corrected chi connectivity index (χ0v) is 18.1. The molecule has 4 rings (SSSR count). The molecule has 2 heterocycles. The first-order valence-corrected chi connectivity index (χ1v) is 10.9. The number of amides is 3. The van der Waals surface area contributed by atoms with E-state index in [2.05, 4.69) is 22.2 Å². The molecule has 8 heteroatoms. The average Bonchev–Trinajstić information content (AvgIpc) is 3.03. The van der Waals surface area contributed by atoms with Gasteiger partial charge in [0.15, 0.2) is 0 Å². The maximum atomic E-state index is 12.6. The van der Waals surface area contributed by atoms with Crippen LogP contribution in [-0.2, 0) is 9.59 Å². The van der Waals surface area contributed by atoms with Gasteiger partial charge in [0.2, 0.25) is 5.91 Å². The van der Waals surface area contributed by atoms with Crippen molar-refractivity contribution in [2.24, 2.45) is 0 Å². The molecule has 2 aromatic rings. The average molecular weight is 437 g/mol. The summed E-state index contributed by atoms with van der Waals surface area (Å²) < 4.78 is 0. The monoisotopic (exact) mass is 436 g/mol. The standard InChI is InChI=1S/C23H24N4O3S/c1-25-11-13-26(14-12-25)19-9-7-18(8-10-19)24-21(28)16-27-22(29)20(31-23(27)30)15-17-5-3-2-4-6-17/h2-10,15H,11-14,16H2,1H3,(H,24,28)/b20-15+. The summed E-state index contributed by atoms with van der Waals surface area (Å²) in [6.07, 6.45) is 1.67. The van der Waals surface area contributed by atoms with Crippen molar-refractivity contribution in [1.29, 1.82) is 0 Å². The van der Waals surface area contributed by atoms with Gasteiger partial charge < -0.3 is 15.1 Å². The van der Waals surface area contributed by atoms with Gasteiger partial charge >= 0.3 is 0 Å². The molecule has 2 saturated heterocycles. The predicted molar refractivity (Wildman–Crippen MR) is 124 cm³/mol. The third-order valence-electron chi connectivity index (χ3n) is 5.29. The number of nitrogens with one attached hydrogen (secondary N) is 1. The van der Waals surface area contributed by atoms with Gasteiger partial charge in [-0.05, 0) is 54.7 Å². The van der Waals surface area contributed by atoms with Crippen LogP contribution in [0, 0.1) is 0 Å². The summed E-state index contributed by atoms with van der Waals surface area (Å²) in [4.78, 5) is 43.2. The SMILES string of the molecule is CN1CCN(c2ccc(NC(=O)CN3C(=O)S/C(=C/c4ccccc4)C3=O)cc2)CC1. The fraction of sp³-hybridized carbons (Fsp3) is 0.261. The number of thioether (sulfide) groups is 1. The van der Waals surface area contributed by atoms with Gasteiger partial charge in [-0.1, -0.05) is 30.3 Å². The van der Waals surface area contributed by atoms with Crippen LogP contribution in [0.1, 0.15) is 5.56 Å². The minimum absolute atomic E-state index is 0.309. The molecule has 0 aliphatic carbocycles. The van der Waals surface area contributed by atoms with E-state index in [1.807, 2.05) is 54.6 Å². The number of hydrogen-bond donors (Lipinski definition) is 1. The summed E-state index contributed by atoms with van der Waals surface area (Å²) in [6.45, 7) is 3.68. The normalized spacial score (nSPS) is 18.7. The van der Waals surface area contributed by atoms with E-state index >= 15 is 0 Å². The Morgan fingerprint density at radius 2 is 1.68 bits per heavy atom. The quantitative estimate of drug-likeness (QED) is 0.726. The second-order valence-corrected chi connectivity index (χ2v) is 8.56. The zero-order valence-electron chi connectivity index (χ0n) is 17.3. The van der Waals surface area contributed by atoms with Crippen molar-refractivity contribution in [1.82, 2.24) is 9.80 Å². The third-order valence-corrected chi connectivity index (χ3v) is 6.20. The highest BCUT2D eigenvalue weighted by Crippen LogP contribution is 2.32. The van der Waals surface area contributed by atoms with Crippen LogP contribution in [0.2, 0.25) is 0 Å². The van der Waals surface area contributed by atoms with E-state index < -0.39 is 17.1 Å². The molecule has 2 fully saturated rings. The van der Waals surface area contributed by atoms with Crippen LogP contribution < -0.4 is 10.2 Å². The molecule has 1 N–H and O–H groups in total. The Morgan fingerprint density at radius 1 is 1.00 bits per heavy atom. The molecule has 7 nitrogen and oxygen atoms in total. The first-order valence-electron chi connectivity index (χ1n) is 10.1. The number of likely N-dealkylation sites (N-methyl/N-ethyl adjacent to an activating group) is 1. The van der Waals surface area contributed by atoms with Crippen LogP contribution >= 0.6 is 11.8 Å². The van der Waals surface area contributed by atoms with E-state index in [-0.39, 0.29) is 6.54 Å². The van der Waals surface area contributed by atoms with Crippen LogP contribution in [0.15, 0.2) is 59.5 Å². The summed E-state index contributed by atoms with van der Waals surface area (Å²) in [5.74, 6) is -0.852. The molecule has 0 aromatic heterocycles. The molecular weight excluding hydrogens is 412 g/mol. The summed E-state index contributed by atoms with van der Waals surface area (Å²) in [6, 6.07) is 16.9. The summed E-state index contributed by atoms with van der Waals surface area (Å²) in [5.41, 5.74) is 2.58. The van der Waals surface area contributed by atoms with Gasteiger partial charge in [0.25, 0.3) is 11.1 Å². The van der Waals surface area contributed by atoms with Gasteiger partial charge in [0, 0.05) is 37.6 Å². The molecule has 0 radical (unpaired) electrons. The van der Waals surface area contributed by atoms with Crippen molar-refractivity contribution in [3.8, 4) is 0 Å². The number of hydrogen-bond acceptors (Lipinski definition) is 6. The molecule has 0 bridgehead atoms. The van der Waals surface area contributed by atoms with Gasteiger partial charge in [-0.25, -0.2) is 0 Å². The van der Waals surface area contributed by atoms with Crippen LogP contribution in [0.5, 0.6) is 0 Å². The van der Waals surface area contributed by atoms with E-state index in [9.17, 15) is 14.4 Å². The third kappa shape index (κ3) is 5.15. The van der Waals surface area contributed by atoms with Gasteiger partial charge in [-0.3, -0.25) is 19.3 Å². The second kappa shape index (κ2) is 9.36. The van der Waals surface area contributed by atoms with E-state index in [4.69, 9.17) is 0 Å². The molecule has 0 saturated carbocycles. The molecule has 3 amide bonds. The van der Waals surface area contributed by atoms with Crippen molar-refractivity contribution in [3.05, 3.63) is 65.1 Å². The Balaban J connectivity index is 1.35. The van der Waals surface area contributed by atoms with Gasteiger partial charge in [0.1, 0.15) is 6.54 Å². The van der Waals surface area contributed by atoms with E-state index in [1.54, 1.807) is 6.08 Å². The van der Waals surface area contributed by atoms with Crippen LogP contribution in [-0.4, -0.2) is 66.6 Å². The second-order valence-electron chi connectivity index (χ2n) is 7.56. The number of carbonyl (C=O) groups excluding carboxylic acids is 3. The highest BCUT2D eigenvalue weighted by atomic mass is 32.2. The van der Waals surface area contributed by atoms with Crippen molar-refractivity contribution < 1.29 is 14.4 Å². The lowest BCUT2D eigenvalue weighted by Gasteiger charge is -2.34. The summed E-state index contributed by atoms with van der Waals surface area (Å²) in [7, 11) is 2.12. The van der Waals surface area contributed by atoms with E-state index in [0.717, 1.165) is 54.1 Å². The fourth-order valence-electron chi connectivity index (χ4n) is 3.50. The maximum Gasteiger partial charge on any atom is 0.294 e. The molecule has 2 aliphatic heterocycles. The number of anilines is 2. The number of rotatable bonds is 5. The summed E-state index contributed by atoms with van der Waals surface area (Å²) in [5, 5.41) is 2.33. The van der Waals surface area contributed by atoms with Gasteiger partial charge in [-0.2, -0.15) is 0 Å². The van der Waals surface area contributed by atoms with Crippen LogP contribution in [0.25, 0.3) is 6.08 Å². The lowest BCUT2D eigenvalue weighted by molar-refractivity contribution is -0.127. The minimum Gasteiger partial charge on any atom is -0.369 e. The molecule has 0 unspecified atom stereocenters. The topological polar surface area (TPSA) is 73.0 Å². The van der Waals surface area contributed by atoms with Gasteiger partial charge in [0.05, 0.1) is 4.91 Å². The predicted octanol–water partition coefficient (Wildman–Crippen LogP) is 3.11. The van der Waals surface area contributed by atoms with Crippen LogP contribution in [0.3, 0.4) is 0 Å². The van der Waals surface area contributed by atoms with E-state index in [0.29, 0.717) is 10.6 Å². The molecular formula is C23H24N4O3S. The Kier molecular flexibility index (Phi) is 6.39. The Labute approximate surface area is 185 Å². The molecule has 31 heavy (non-hydrogen) atoms. The number of imide groups is 1. The molecule has 160 valence electrons. The number of piperazine rings is 1. The zero-order chi connectivity index (χ0) is 21.8. The Hall–Kier alpha value is -3.10. The lowest BCUT2D eigenvalue weighted by Crippen LogP contribution is -2.44. The van der Waals surface area contributed by atoms with Crippen molar-refractivity contribution in [2.45, 2.75) is 0 Å². The number of benzene rings is 2. The largest absolute Gasteiger partial charge is 0.369 e. The Bertz CT molecular complexity index is 999. The smallest absolute Gasteiger partial charge is 0.294 e. The number of carbonyl (C=O) groups is 3. The fourth-order valence-corrected chi connectivity index (χ4v) is 4.34. The molecule has 0 spiro atoms. The minimum atomic E-state index is -0.445. The van der Waals surface area contributed by atoms with Crippen molar-refractivity contribution >= 4 is 46.3 Å². The molecule has 0 atom stereocenters. The van der Waals surface area contributed by atoms with Gasteiger partial charge in [-0.15, -0.1) is 0 Å². The lowest BCUT2D eigenvalue weighted by atomic mass is 10.2. The van der Waals surface area contributed by atoms with Crippen LogP contribution in [0.4, 0.5) is 16.2 Å². The number of nitrogens with zero attached hydrogens (tertiary/aromatic N) is 3. The molecule has 2 aliphatic rings. The first-order chi connectivity index (χ1) is 15.0. The Morgan fingerprint density at radius 3 is 2.35 bits per heavy atom. The highest BCUT2D eigenvalue weighted by molar-refractivity contribution is 8.18. The maximum absolute atomic E-state index is 12.6. The van der Waals surface area contributed by atoms with E-state index in [1.165, 1.54) is 0 Å². The summed E-state index contributed by atoms with van der Waals surface area (Å²) >= 11 is 0.852. The van der Waals surface area contributed by atoms with Crippen molar-refractivity contribution in [2.75, 3.05) is 50.0 Å². The highest BCUT2D eigenvalue weighted by Gasteiger charge is 2.36.